The van der Waals surface area contributed by atoms with Crippen LogP contribution in [0.3, 0.4) is 0 Å². The lowest BCUT2D eigenvalue weighted by Crippen LogP contribution is -2.22. The Hall–Kier alpha value is -3.46. The van der Waals surface area contributed by atoms with Gasteiger partial charge in [0.25, 0.3) is 5.56 Å². The zero-order chi connectivity index (χ0) is 20.9. The van der Waals surface area contributed by atoms with Gasteiger partial charge < -0.3 is 9.73 Å². The van der Waals surface area contributed by atoms with Crippen LogP contribution in [-0.2, 0) is 19.1 Å². The van der Waals surface area contributed by atoms with E-state index in [0.717, 1.165) is 42.3 Å². The molecule has 4 heterocycles. The molecule has 6 nitrogen and oxygen atoms in total. The van der Waals surface area contributed by atoms with Crippen molar-refractivity contribution in [2.75, 3.05) is 6.54 Å². The molecule has 0 aliphatic carbocycles. The van der Waals surface area contributed by atoms with Crippen molar-refractivity contribution in [3.05, 3.63) is 76.0 Å². The number of nitrogens with one attached hydrogen (secondary N) is 1. The fourth-order valence-corrected chi connectivity index (χ4v) is 3.64. The first-order valence-electron chi connectivity index (χ1n) is 9.29. The fourth-order valence-electron chi connectivity index (χ4n) is 3.64. The average Bonchev–Trinajstić information content (AvgIpc) is 3.11. The number of fused-ring (bicyclic) bond motifs is 3. The molecule has 0 bridgehead atoms. The molecule has 1 aliphatic heterocycles. The SMILES string of the molecule is O=c1cc(-c2ccc(C(F)(F)F)nn2)ccn1-c1ccc2c3c(oc2c1)CCNC3. The second-order valence-electron chi connectivity index (χ2n) is 7.04. The lowest BCUT2D eigenvalue weighted by molar-refractivity contribution is -0.141. The van der Waals surface area contributed by atoms with E-state index in [1.807, 2.05) is 18.2 Å². The second-order valence-corrected chi connectivity index (χ2v) is 7.04. The summed E-state index contributed by atoms with van der Waals surface area (Å²) in [6, 6.07) is 10.6. The molecule has 0 radical (unpaired) electrons. The molecule has 152 valence electrons. The molecule has 1 aliphatic rings. The van der Waals surface area contributed by atoms with Crippen molar-refractivity contribution in [3.8, 4) is 16.9 Å². The van der Waals surface area contributed by atoms with E-state index in [4.69, 9.17) is 4.42 Å². The van der Waals surface area contributed by atoms with Crippen molar-refractivity contribution in [2.24, 2.45) is 0 Å². The number of hydrogen-bond donors (Lipinski definition) is 1. The Kier molecular flexibility index (Phi) is 4.21. The third-order valence-corrected chi connectivity index (χ3v) is 5.14. The molecule has 4 aromatic rings. The molecule has 0 unspecified atom stereocenters. The van der Waals surface area contributed by atoms with Crippen LogP contribution in [0.1, 0.15) is 17.0 Å². The Morgan fingerprint density at radius 3 is 2.67 bits per heavy atom. The third kappa shape index (κ3) is 3.17. The number of aromatic nitrogens is 3. The van der Waals surface area contributed by atoms with Gasteiger partial charge in [0.15, 0.2) is 5.69 Å². The summed E-state index contributed by atoms with van der Waals surface area (Å²) in [4.78, 5) is 12.7. The van der Waals surface area contributed by atoms with E-state index < -0.39 is 11.9 Å². The van der Waals surface area contributed by atoms with Crippen LogP contribution in [0.15, 0.2) is 57.9 Å². The Labute approximate surface area is 168 Å². The molecule has 0 atom stereocenters. The number of benzene rings is 1. The van der Waals surface area contributed by atoms with Crippen LogP contribution < -0.4 is 10.9 Å². The van der Waals surface area contributed by atoms with Crippen LogP contribution in [0, 0.1) is 0 Å². The van der Waals surface area contributed by atoms with Gasteiger partial charge in [-0.3, -0.25) is 9.36 Å². The number of furan rings is 1. The molecule has 0 spiro atoms. The fraction of sp³-hybridized carbons (Fsp3) is 0.190. The molecule has 0 saturated carbocycles. The summed E-state index contributed by atoms with van der Waals surface area (Å²) in [6.45, 7) is 1.62. The highest BCUT2D eigenvalue weighted by molar-refractivity contribution is 5.84. The summed E-state index contributed by atoms with van der Waals surface area (Å²) in [7, 11) is 0. The van der Waals surface area contributed by atoms with Gasteiger partial charge in [0, 0.05) is 54.4 Å². The highest BCUT2D eigenvalue weighted by atomic mass is 19.4. The summed E-state index contributed by atoms with van der Waals surface area (Å²) in [6.07, 6.45) is -2.18. The molecule has 0 saturated heterocycles. The molecule has 9 heteroatoms. The van der Waals surface area contributed by atoms with Crippen molar-refractivity contribution in [1.29, 1.82) is 0 Å². The van der Waals surface area contributed by atoms with E-state index in [2.05, 4.69) is 15.5 Å². The second kappa shape index (κ2) is 6.81. The minimum atomic E-state index is -4.56. The molecular formula is C21H15F3N4O2. The van der Waals surface area contributed by atoms with Crippen LogP contribution in [0.2, 0.25) is 0 Å². The monoisotopic (exact) mass is 412 g/mol. The van der Waals surface area contributed by atoms with E-state index in [1.54, 1.807) is 12.3 Å². The zero-order valence-corrected chi connectivity index (χ0v) is 15.5. The summed E-state index contributed by atoms with van der Waals surface area (Å²) in [5.41, 5.74) is 1.65. The zero-order valence-electron chi connectivity index (χ0n) is 15.5. The predicted molar refractivity (Wildman–Crippen MR) is 103 cm³/mol. The van der Waals surface area contributed by atoms with Crippen LogP contribution in [0.25, 0.3) is 27.9 Å². The quantitative estimate of drug-likeness (QED) is 0.544. The molecule has 1 N–H and O–H groups in total. The maximum Gasteiger partial charge on any atom is 0.435 e. The Balaban J connectivity index is 1.50. The molecule has 30 heavy (non-hydrogen) atoms. The van der Waals surface area contributed by atoms with Gasteiger partial charge in [0.1, 0.15) is 11.3 Å². The number of alkyl halides is 3. The van der Waals surface area contributed by atoms with Gasteiger partial charge in [-0.15, -0.1) is 10.2 Å². The predicted octanol–water partition coefficient (Wildman–Crippen LogP) is 3.71. The van der Waals surface area contributed by atoms with Crippen molar-refractivity contribution in [2.45, 2.75) is 19.1 Å². The molecule has 0 fully saturated rings. The van der Waals surface area contributed by atoms with Crippen LogP contribution in [-0.4, -0.2) is 21.3 Å². The van der Waals surface area contributed by atoms with Gasteiger partial charge in [0.05, 0.1) is 11.4 Å². The molecule has 3 aromatic heterocycles. The Bertz CT molecular complexity index is 1310. The summed E-state index contributed by atoms with van der Waals surface area (Å²) < 4.78 is 45.3. The maximum atomic E-state index is 12.7. The van der Waals surface area contributed by atoms with Gasteiger partial charge in [-0.05, 0) is 30.3 Å². The van der Waals surface area contributed by atoms with Gasteiger partial charge in [-0.25, -0.2) is 0 Å². The van der Waals surface area contributed by atoms with Crippen LogP contribution >= 0.6 is 0 Å². The van der Waals surface area contributed by atoms with E-state index in [1.165, 1.54) is 16.7 Å². The number of nitrogens with zero attached hydrogens (tertiary/aromatic N) is 3. The minimum absolute atomic E-state index is 0.189. The van der Waals surface area contributed by atoms with E-state index in [9.17, 15) is 18.0 Å². The van der Waals surface area contributed by atoms with Gasteiger partial charge in [0.2, 0.25) is 0 Å². The van der Waals surface area contributed by atoms with E-state index >= 15 is 0 Å². The summed E-state index contributed by atoms with van der Waals surface area (Å²) in [5.74, 6) is 0.962. The first kappa shape index (κ1) is 18.6. The number of rotatable bonds is 2. The molecule has 5 rings (SSSR count). The van der Waals surface area contributed by atoms with Crippen molar-refractivity contribution in [1.82, 2.24) is 20.1 Å². The lowest BCUT2D eigenvalue weighted by Gasteiger charge is -2.10. The normalized spacial score (nSPS) is 14.1. The van der Waals surface area contributed by atoms with Crippen molar-refractivity contribution >= 4 is 11.0 Å². The molecule has 1 aromatic carbocycles. The molecule has 0 amide bonds. The van der Waals surface area contributed by atoms with E-state index in [-0.39, 0.29) is 11.3 Å². The highest BCUT2D eigenvalue weighted by Crippen LogP contribution is 2.30. The summed E-state index contributed by atoms with van der Waals surface area (Å²) >= 11 is 0. The van der Waals surface area contributed by atoms with Gasteiger partial charge >= 0.3 is 6.18 Å². The van der Waals surface area contributed by atoms with Crippen molar-refractivity contribution in [3.63, 3.8) is 0 Å². The van der Waals surface area contributed by atoms with E-state index in [0.29, 0.717) is 16.8 Å². The third-order valence-electron chi connectivity index (χ3n) is 5.14. The lowest BCUT2D eigenvalue weighted by atomic mass is 10.1. The number of pyridine rings is 1. The first-order valence-corrected chi connectivity index (χ1v) is 9.29. The highest BCUT2D eigenvalue weighted by Gasteiger charge is 2.32. The number of hydrogen-bond acceptors (Lipinski definition) is 5. The summed E-state index contributed by atoms with van der Waals surface area (Å²) in [5, 5.41) is 11.1. The largest absolute Gasteiger partial charge is 0.461 e. The van der Waals surface area contributed by atoms with Gasteiger partial charge in [-0.2, -0.15) is 13.2 Å². The molecular weight excluding hydrogens is 397 g/mol. The average molecular weight is 412 g/mol. The first-order chi connectivity index (χ1) is 14.4. The topological polar surface area (TPSA) is 73.0 Å². The minimum Gasteiger partial charge on any atom is -0.461 e. The Morgan fingerprint density at radius 2 is 1.93 bits per heavy atom. The smallest absolute Gasteiger partial charge is 0.435 e. The standard InChI is InChI=1S/C21H15F3N4O2/c22-21(23,24)19-4-3-16(26-27-19)12-6-8-28(20(29)9-12)13-1-2-14-15-11-25-7-5-17(15)30-18(14)10-13/h1-4,6,8-10,25H,5,7,11H2. The van der Waals surface area contributed by atoms with Crippen molar-refractivity contribution < 1.29 is 17.6 Å². The van der Waals surface area contributed by atoms with Crippen LogP contribution in [0.4, 0.5) is 13.2 Å². The van der Waals surface area contributed by atoms with Crippen LogP contribution in [0.5, 0.6) is 0 Å². The Morgan fingerprint density at radius 1 is 1.07 bits per heavy atom. The number of halogens is 3. The van der Waals surface area contributed by atoms with Gasteiger partial charge in [-0.1, -0.05) is 0 Å². The maximum absolute atomic E-state index is 12.7.